The van der Waals surface area contributed by atoms with Gasteiger partial charge in [-0.25, -0.2) is 9.37 Å². The van der Waals surface area contributed by atoms with Crippen LogP contribution in [0.4, 0.5) is 4.39 Å². The molecule has 3 aromatic rings. The summed E-state index contributed by atoms with van der Waals surface area (Å²) in [5.41, 5.74) is 0.455. The summed E-state index contributed by atoms with van der Waals surface area (Å²) in [4.78, 5) is 28.7. The van der Waals surface area contributed by atoms with Crippen molar-refractivity contribution in [3.05, 3.63) is 63.3 Å². The third-order valence-electron chi connectivity index (χ3n) is 3.29. The molecule has 2 heterocycles. The van der Waals surface area contributed by atoms with Gasteiger partial charge in [0, 0.05) is 24.1 Å². The molecule has 0 saturated heterocycles. The average molecular weight is 332 g/mol. The third kappa shape index (κ3) is 3.14. The summed E-state index contributed by atoms with van der Waals surface area (Å²) < 4.78 is 20.4. The van der Waals surface area contributed by atoms with Crippen molar-refractivity contribution in [2.24, 2.45) is 0 Å². The molecular weight excluding hydrogens is 319 g/mol. The molecule has 118 valence electrons. The van der Waals surface area contributed by atoms with Gasteiger partial charge in [0.1, 0.15) is 18.2 Å². The van der Waals surface area contributed by atoms with Crippen LogP contribution in [0, 0.1) is 5.82 Å². The molecule has 0 N–H and O–H groups in total. The minimum atomic E-state index is -0.495. The van der Waals surface area contributed by atoms with Gasteiger partial charge in [0.2, 0.25) is 0 Å². The lowest BCUT2D eigenvalue weighted by Gasteiger charge is -2.10. The normalized spacial score (nSPS) is 10.9. The highest BCUT2D eigenvalue weighted by Crippen LogP contribution is 2.22. The molecule has 7 heteroatoms. The average Bonchev–Trinajstić information content (AvgIpc) is 3.02. The number of nitrogens with zero attached hydrogens (tertiary/aromatic N) is 2. The summed E-state index contributed by atoms with van der Waals surface area (Å²) >= 11 is 1.34. The van der Waals surface area contributed by atoms with Crippen molar-refractivity contribution in [1.29, 1.82) is 0 Å². The van der Waals surface area contributed by atoms with Crippen LogP contribution < -0.4 is 10.3 Å². The smallest absolute Gasteiger partial charge is 0.258 e. The first-order chi connectivity index (χ1) is 11.1. The molecule has 0 amide bonds. The van der Waals surface area contributed by atoms with Gasteiger partial charge in [-0.15, -0.1) is 11.3 Å². The van der Waals surface area contributed by atoms with Crippen LogP contribution in [0.2, 0.25) is 0 Å². The Kier molecular flexibility index (Phi) is 4.20. The standard InChI is InChI=1S/C16H13FN2O3S/c1-2-13(20)12-7-10(17)3-4-14(12)22-9-11-8-15(21)19-5-6-23-16(19)18-11/h3-8H,2,9H2,1H3. The van der Waals surface area contributed by atoms with Gasteiger partial charge in [-0.1, -0.05) is 6.92 Å². The number of benzene rings is 1. The van der Waals surface area contributed by atoms with Gasteiger partial charge in [0.15, 0.2) is 10.7 Å². The highest BCUT2D eigenvalue weighted by molar-refractivity contribution is 7.15. The Morgan fingerprint density at radius 1 is 1.39 bits per heavy atom. The lowest BCUT2D eigenvalue weighted by Crippen LogP contribution is -2.14. The number of ether oxygens (including phenoxy) is 1. The minimum absolute atomic E-state index is 0.0271. The minimum Gasteiger partial charge on any atom is -0.487 e. The van der Waals surface area contributed by atoms with E-state index in [4.69, 9.17) is 4.74 Å². The van der Waals surface area contributed by atoms with E-state index in [1.165, 1.54) is 33.9 Å². The molecule has 1 aromatic carbocycles. The summed E-state index contributed by atoms with van der Waals surface area (Å²) in [6.07, 6.45) is 1.90. The number of fused-ring (bicyclic) bond motifs is 1. The van der Waals surface area contributed by atoms with Gasteiger partial charge in [0.05, 0.1) is 11.3 Å². The first-order valence-electron chi connectivity index (χ1n) is 7.00. The summed E-state index contributed by atoms with van der Waals surface area (Å²) in [6, 6.07) is 5.18. The number of hydrogen-bond donors (Lipinski definition) is 0. The van der Waals surface area contributed by atoms with Crippen molar-refractivity contribution in [3.63, 3.8) is 0 Å². The number of aromatic nitrogens is 2. The summed E-state index contributed by atoms with van der Waals surface area (Å²) in [5, 5.41) is 1.77. The largest absolute Gasteiger partial charge is 0.487 e. The second-order valence-corrected chi connectivity index (χ2v) is 5.72. The molecule has 0 bridgehead atoms. The van der Waals surface area contributed by atoms with E-state index in [1.807, 2.05) is 0 Å². The molecule has 3 rings (SSSR count). The van der Waals surface area contributed by atoms with Crippen LogP contribution in [0.15, 0.2) is 40.6 Å². The number of hydrogen-bond acceptors (Lipinski definition) is 5. The SMILES string of the molecule is CCC(=O)c1cc(F)ccc1OCc1cc(=O)n2ccsc2n1. The Morgan fingerprint density at radius 2 is 2.22 bits per heavy atom. The van der Waals surface area contributed by atoms with E-state index < -0.39 is 5.82 Å². The zero-order valence-corrected chi connectivity index (χ0v) is 13.1. The highest BCUT2D eigenvalue weighted by Gasteiger charge is 2.13. The molecule has 0 saturated carbocycles. The zero-order chi connectivity index (χ0) is 16.4. The molecule has 0 radical (unpaired) electrons. The van der Waals surface area contributed by atoms with Crippen LogP contribution in [0.3, 0.4) is 0 Å². The van der Waals surface area contributed by atoms with Crippen molar-refractivity contribution in [2.45, 2.75) is 20.0 Å². The number of ketones is 1. The topological polar surface area (TPSA) is 60.7 Å². The van der Waals surface area contributed by atoms with E-state index >= 15 is 0 Å². The first-order valence-corrected chi connectivity index (χ1v) is 7.88. The van der Waals surface area contributed by atoms with Gasteiger partial charge in [0.25, 0.3) is 5.56 Å². The molecule has 0 aliphatic heterocycles. The van der Waals surface area contributed by atoms with Crippen LogP contribution in [-0.4, -0.2) is 15.2 Å². The van der Waals surface area contributed by atoms with E-state index in [9.17, 15) is 14.0 Å². The predicted octanol–water partition coefficient (Wildman–Crippen LogP) is 3.07. The van der Waals surface area contributed by atoms with E-state index in [-0.39, 0.29) is 35.7 Å². The molecular formula is C16H13FN2O3S. The van der Waals surface area contributed by atoms with Crippen molar-refractivity contribution in [3.8, 4) is 5.75 Å². The Morgan fingerprint density at radius 3 is 3.00 bits per heavy atom. The van der Waals surface area contributed by atoms with Crippen molar-refractivity contribution < 1.29 is 13.9 Å². The van der Waals surface area contributed by atoms with E-state index in [0.717, 1.165) is 6.07 Å². The van der Waals surface area contributed by atoms with Gasteiger partial charge < -0.3 is 4.74 Å². The van der Waals surface area contributed by atoms with E-state index in [1.54, 1.807) is 18.5 Å². The van der Waals surface area contributed by atoms with Gasteiger partial charge in [-0.3, -0.25) is 14.0 Å². The second kappa shape index (κ2) is 6.29. The molecule has 0 aliphatic rings. The fourth-order valence-corrected chi connectivity index (χ4v) is 2.89. The Hall–Kier alpha value is -2.54. The third-order valence-corrected chi connectivity index (χ3v) is 4.05. The first kappa shape index (κ1) is 15.4. The molecule has 23 heavy (non-hydrogen) atoms. The maximum Gasteiger partial charge on any atom is 0.258 e. The molecule has 5 nitrogen and oxygen atoms in total. The lowest BCUT2D eigenvalue weighted by molar-refractivity contribution is 0.0983. The van der Waals surface area contributed by atoms with Crippen molar-refractivity contribution >= 4 is 22.1 Å². The maximum atomic E-state index is 13.3. The number of halogens is 1. The fourth-order valence-electron chi connectivity index (χ4n) is 2.15. The van der Waals surface area contributed by atoms with Crippen LogP contribution >= 0.6 is 11.3 Å². The monoisotopic (exact) mass is 332 g/mol. The summed E-state index contributed by atoms with van der Waals surface area (Å²) in [6.45, 7) is 1.73. The predicted molar refractivity (Wildman–Crippen MR) is 84.7 cm³/mol. The number of thiazole rings is 1. The zero-order valence-electron chi connectivity index (χ0n) is 12.3. The molecule has 0 spiro atoms. The van der Waals surface area contributed by atoms with E-state index in [2.05, 4.69) is 4.98 Å². The number of carbonyl (C=O) groups is 1. The van der Waals surface area contributed by atoms with Gasteiger partial charge >= 0.3 is 0 Å². The Labute approximate surface area is 135 Å². The molecule has 0 unspecified atom stereocenters. The lowest BCUT2D eigenvalue weighted by atomic mass is 10.1. The summed E-state index contributed by atoms with van der Waals surface area (Å²) in [5.74, 6) is -0.418. The van der Waals surface area contributed by atoms with Crippen LogP contribution in [0.5, 0.6) is 5.75 Å². The number of carbonyl (C=O) groups excluding carboxylic acids is 1. The van der Waals surface area contributed by atoms with Gasteiger partial charge in [-0.05, 0) is 18.2 Å². The second-order valence-electron chi connectivity index (χ2n) is 4.85. The van der Waals surface area contributed by atoms with E-state index in [0.29, 0.717) is 10.7 Å². The fraction of sp³-hybridized carbons (Fsp3) is 0.188. The Bertz CT molecular complexity index is 932. The van der Waals surface area contributed by atoms with Crippen LogP contribution in [0.25, 0.3) is 4.96 Å². The highest BCUT2D eigenvalue weighted by atomic mass is 32.1. The number of rotatable bonds is 5. The number of Topliss-reactive ketones (excluding diaryl/α,β-unsaturated/α-hetero) is 1. The van der Waals surface area contributed by atoms with Crippen molar-refractivity contribution in [1.82, 2.24) is 9.38 Å². The molecule has 0 fully saturated rings. The maximum absolute atomic E-state index is 13.3. The molecule has 2 aromatic heterocycles. The van der Waals surface area contributed by atoms with Gasteiger partial charge in [-0.2, -0.15) is 0 Å². The quantitative estimate of drug-likeness (QED) is 0.674. The Balaban J connectivity index is 1.87. The summed E-state index contributed by atoms with van der Waals surface area (Å²) in [7, 11) is 0. The molecule has 0 atom stereocenters. The molecule has 0 aliphatic carbocycles. The van der Waals surface area contributed by atoms with Crippen molar-refractivity contribution in [2.75, 3.05) is 0 Å². The van der Waals surface area contributed by atoms with Crippen LogP contribution in [-0.2, 0) is 6.61 Å². The van der Waals surface area contributed by atoms with Crippen LogP contribution in [0.1, 0.15) is 29.4 Å².